The second kappa shape index (κ2) is 8.27. The van der Waals surface area contributed by atoms with E-state index in [-0.39, 0.29) is 35.9 Å². The third kappa shape index (κ3) is 4.50. The van der Waals surface area contributed by atoms with Crippen LogP contribution < -0.4 is 5.32 Å². The molecule has 2 aromatic rings. The maximum atomic E-state index is 13.3. The summed E-state index contributed by atoms with van der Waals surface area (Å²) in [5.74, 6) is -0.599. The van der Waals surface area contributed by atoms with Crippen LogP contribution in [0.15, 0.2) is 48.5 Å². The van der Waals surface area contributed by atoms with Crippen molar-refractivity contribution in [1.29, 1.82) is 0 Å². The Morgan fingerprint density at radius 2 is 1.68 bits per heavy atom. The molecular weight excluding hydrogens is 362 g/mol. The standard InChI is InChI=1S/C22H24F2N2O2/c23-17-7-3-15(4-8-17)14-26(19-11-12-19)22(27)25-21(20-2-1-13-28-20)16-5-9-18(24)10-6-16/h3-10,19-21H,1-2,11-14H2,(H,25,27). The first-order valence-electron chi connectivity index (χ1n) is 9.79. The van der Waals surface area contributed by atoms with Crippen LogP contribution in [0, 0.1) is 11.6 Å². The molecule has 2 aromatic carbocycles. The summed E-state index contributed by atoms with van der Waals surface area (Å²) in [6.07, 6.45) is 3.61. The molecule has 1 aliphatic heterocycles. The lowest BCUT2D eigenvalue weighted by molar-refractivity contribution is 0.0774. The molecular formula is C22H24F2N2O2. The number of carbonyl (C=O) groups excluding carboxylic acids is 1. The number of carbonyl (C=O) groups is 1. The van der Waals surface area contributed by atoms with Crippen LogP contribution in [-0.2, 0) is 11.3 Å². The van der Waals surface area contributed by atoms with Crippen molar-refractivity contribution in [2.45, 2.75) is 50.4 Å². The van der Waals surface area contributed by atoms with Gasteiger partial charge in [-0.25, -0.2) is 13.6 Å². The van der Waals surface area contributed by atoms with Crippen molar-refractivity contribution in [3.8, 4) is 0 Å². The second-order valence-electron chi connectivity index (χ2n) is 7.52. The highest BCUT2D eigenvalue weighted by atomic mass is 19.1. The van der Waals surface area contributed by atoms with Gasteiger partial charge in [0.15, 0.2) is 0 Å². The molecule has 1 aliphatic carbocycles. The van der Waals surface area contributed by atoms with E-state index in [1.54, 1.807) is 29.2 Å². The van der Waals surface area contributed by atoms with E-state index < -0.39 is 0 Å². The van der Waals surface area contributed by atoms with Crippen LogP contribution in [0.25, 0.3) is 0 Å². The lowest BCUT2D eigenvalue weighted by Crippen LogP contribution is -2.45. The van der Waals surface area contributed by atoms with Gasteiger partial charge < -0.3 is 15.0 Å². The molecule has 1 saturated heterocycles. The van der Waals surface area contributed by atoms with Gasteiger partial charge in [0.2, 0.25) is 0 Å². The molecule has 6 heteroatoms. The molecule has 2 unspecified atom stereocenters. The van der Waals surface area contributed by atoms with Crippen LogP contribution in [0.4, 0.5) is 13.6 Å². The fraction of sp³-hybridized carbons (Fsp3) is 0.409. The molecule has 1 N–H and O–H groups in total. The highest BCUT2D eigenvalue weighted by Crippen LogP contribution is 2.31. The van der Waals surface area contributed by atoms with Crippen LogP contribution in [0.5, 0.6) is 0 Å². The normalized spacial score (nSPS) is 20.0. The van der Waals surface area contributed by atoms with E-state index >= 15 is 0 Å². The first-order chi connectivity index (χ1) is 13.6. The van der Waals surface area contributed by atoms with Gasteiger partial charge in [0.25, 0.3) is 0 Å². The first kappa shape index (κ1) is 18.9. The maximum absolute atomic E-state index is 13.3. The second-order valence-corrected chi connectivity index (χ2v) is 7.52. The largest absolute Gasteiger partial charge is 0.376 e. The summed E-state index contributed by atoms with van der Waals surface area (Å²) >= 11 is 0. The number of hydrogen-bond acceptors (Lipinski definition) is 2. The van der Waals surface area contributed by atoms with Gasteiger partial charge >= 0.3 is 6.03 Å². The van der Waals surface area contributed by atoms with Gasteiger partial charge in [-0.2, -0.15) is 0 Å². The van der Waals surface area contributed by atoms with Gasteiger partial charge in [-0.15, -0.1) is 0 Å². The Morgan fingerprint density at radius 3 is 2.25 bits per heavy atom. The van der Waals surface area contributed by atoms with E-state index in [0.717, 1.165) is 36.8 Å². The molecule has 0 bridgehead atoms. The summed E-state index contributed by atoms with van der Waals surface area (Å²) < 4.78 is 32.3. The van der Waals surface area contributed by atoms with E-state index in [4.69, 9.17) is 4.74 Å². The highest BCUT2D eigenvalue weighted by molar-refractivity contribution is 5.75. The number of hydrogen-bond donors (Lipinski definition) is 1. The Kier molecular flexibility index (Phi) is 5.57. The molecule has 148 valence electrons. The number of nitrogens with zero attached hydrogens (tertiary/aromatic N) is 1. The number of urea groups is 1. The zero-order valence-electron chi connectivity index (χ0n) is 15.6. The third-order valence-corrected chi connectivity index (χ3v) is 5.36. The zero-order chi connectivity index (χ0) is 19.5. The monoisotopic (exact) mass is 386 g/mol. The number of amides is 2. The number of rotatable bonds is 6. The average molecular weight is 386 g/mol. The number of benzene rings is 2. The Bertz CT molecular complexity index is 800. The minimum absolute atomic E-state index is 0.124. The van der Waals surface area contributed by atoms with Gasteiger partial charge in [-0.1, -0.05) is 24.3 Å². The number of halogens is 2. The molecule has 4 rings (SSSR count). The van der Waals surface area contributed by atoms with Crippen molar-refractivity contribution < 1.29 is 18.3 Å². The fourth-order valence-corrected chi connectivity index (χ4v) is 3.68. The van der Waals surface area contributed by atoms with Crippen molar-refractivity contribution in [1.82, 2.24) is 10.2 Å². The van der Waals surface area contributed by atoms with Crippen molar-refractivity contribution in [3.05, 3.63) is 71.3 Å². The third-order valence-electron chi connectivity index (χ3n) is 5.36. The molecule has 1 saturated carbocycles. The van der Waals surface area contributed by atoms with Gasteiger partial charge in [-0.05, 0) is 61.1 Å². The van der Waals surface area contributed by atoms with Crippen LogP contribution in [0.3, 0.4) is 0 Å². The minimum Gasteiger partial charge on any atom is -0.376 e. The van der Waals surface area contributed by atoms with Crippen LogP contribution in [-0.4, -0.2) is 29.7 Å². The summed E-state index contributed by atoms with van der Waals surface area (Å²) in [4.78, 5) is 14.9. The molecule has 2 fully saturated rings. The van der Waals surface area contributed by atoms with E-state index in [1.165, 1.54) is 24.3 Å². The maximum Gasteiger partial charge on any atom is 0.318 e. The van der Waals surface area contributed by atoms with E-state index in [2.05, 4.69) is 5.32 Å². The number of nitrogens with one attached hydrogen (secondary N) is 1. The summed E-state index contributed by atoms with van der Waals surface area (Å²) in [6, 6.07) is 12.1. The van der Waals surface area contributed by atoms with Crippen molar-refractivity contribution >= 4 is 6.03 Å². The Balaban J connectivity index is 1.51. The SMILES string of the molecule is O=C(NC(c1ccc(F)cc1)C1CCCO1)N(Cc1ccc(F)cc1)C1CC1. The van der Waals surface area contributed by atoms with Crippen molar-refractivity contribution in [2.75, 3.05) is 6.61 Å². The smallest absolute Gasteiger partial charge is 0.318 e. The van der Waals surface area contributed by atoms with E-state index in [0.29, 0.717) is 13.2 Å². The molecule has 0 aromatic heterocycles. The molecule has 2 aliphatic rings. The highest BCUT2D eigenvalue weighted by Gasteiger charge is 2.36. The molecule has 1 heterocycles. The predicted octanol–water partition coefficient (Wildman–Crippen LogP) is 4.56. The van der Waals surface area contributed by atoms with Crippen molar-refractivity contribution in [3.63, 3.8) is 0 Å². The molecule has 4 nitrogen and oxygen atoms in total. The van der Waals surface area contributed by atoms with Crippen molar-refractivity contribution in [2.24, 2.45) is 0 Å². The van der Waals surface area contributed by atoms with Gasteiger partial charge in [-0.3, -0.25) is 0 Å². The molecule has 2 atom stereocenters. The van der Waals surface area contributed by atoms with Gasteiger partial charge in [0.05, 0.1) is 12.1 Å². The molecule has 2 amide bonds. The van der Waals surface area contributed by atoms with Gasteiger partial charge in [0, 0.05) is 19.2 Å². The lowest BCUT2D eigenvalue weighted by Gasteiger charge is -2.29. The van der Waals surface area contributed by atoms with Crippen LogP contribution in [0.2, 0.25) is 0 Å². The summed E-state index contributed by atoms with van der Waals surface area (Å²) in [6.45, 7) is 1.10. The average Bonchev–Trinajstić information content (AvgIpc) is 3.39. The minimum atomic E-state index is -0.329. The lowest BCUT2D eigenvalue weighted by atomic mass is 9.99. The number of ether oxygens (including phenoxy) is 1. The Morgan fingerprint density at radius 1 is 1.04 bits per heavy atom. The predicted molar refractivity (Wildman–Crippen MR) is 102 cm³/mol. The fourth-order valence-electron chi connectivity index (χ4n) is 3.68. The van der Waals surface area contributed by atoms with E-state index in [1.807, 2.05) is 0 Å². The van der Waals surface area contributed by atoms with Gasteiger partial charge in [0.1, 0.15) is 11.6 Å². The summed E-state index contributed by atoms with van der Waals surface area (Å²) in [5.41, 5.74) is 1.72. The molecule has 0 spiro atoms. The molecule has 28 heavy (non-hydrogen) atoms. The van der Waals surface area contributed by atoms with Crippen LogP contribution in [0.1, 0.15) is 42.9 Å². The summed E-state index contributed by atoms with van der Waals surface area (Å²) in [5, 5.41) is 3.11. The van der Waals surface area contributed by atoms with Crippen LogP contribution >= 0.6 is 0 Å². The molecule has 0 radical (unpaired) electrons. The first-order valence-corrected chi connectivity index (χ1v) is 9.79. The zero-order valence-corrected chi connectivity index (χ0v) is 15.6. The summed E-state index contributed by atoms with van der Waals surface area (Å²) in [7, 11) is 0. The quantitative estimate of drug-likeness (QED) is 0.791. The van der Waals surface area contributed by atoms with E-state index in [9.17, 15) is 13.6 Å². The Labute approximate surface area is 163 Å². The topological polar surface area (TPSA) is 41.6 Å². The Hall–Kier alpha value is -2.47.